The van der Waals surface area contributed by atoms with Crippen molar-refractivity contribution in [3.05, 3.63) is 35.3 Å². The zero-order valence-electron chi connectivity index (χ0n) is 12.8. The van der Waals surface area contributed by atoms with Crippen molar-refractivity contribution >= 4 is 22.8 Å². The number of halogens is 1. The average Bonchev–Trinajstić information content (AvgIpc) is 2.84. The van der Waals surface area contributed by atoms with Crippen LogP contribution in [0.4, 0.5) is 4.39 Å². The zero-order valence-corrected chi connectivity index (χ0v) is 12.8. The van der Waals surface area contributed by atoms with Gasteiger partial charge in [0.25, 0.3) is 0 Å². The van der Waals surface area contributed by atoms with Gasteiger partial charge in [0.2, 0.25) is 5.91 Å². The van der Waals surface area contributed by atoms with Crippen LogP contribution in [0.1, 0.15) is 35.9 Å². The number of likely N-dealkylation sites (tertiary alicyclic amines) is 1. The van der Waals surface area contributed by atoms with Gasteiger partial charge >= 0.3 is 5.97 Å². The molecule has 1 amide bonds. The molecule has 0 bridgehead atoms. The first-order valence-electron chi connectivity index (χ1n) is 7.65. The van der Waals surface area contributed by atoms with E-state index in [-0.39, 0.29) is 23.0 Å². The number of aromatic carboxylic acids is 1. The minimum atomic E-state index is -1.06. The Kier molecular flexibility index (Phi) is 4.07. The van der Waals surface area contributed by atoms with Gasteiger partial charge in [-0.3, -0.25) is 4.79 Å². The molecule has 23 heavy (non-hydrogen) atoms. The molecule has 0 unspecified atom stereocenters. The molecule has 0 aliphatic carbocycles. The number of benzene rings is 1. The van der Waals surface area contributed by atoms with Gasteiger partial charge in [-0.1, -0.05) is 0 Å². The molecule has 0 saturated carbocycles. The molecule has 0 radical (unpaired) electrons. The number of carboxylic acids is 1. The predicted octanol–water partition coefficient (Wildman–Crippen LogP) is 3.07. The fourth-order valence-electron chi connectivity index (χ4n) is 3.21. The number of carboxylic acid groups (broad SMARTS) is 1. The molecule has 1 fully saturated rings. The summed E-state index contributed by atoms with van der Waals surface area (Å²) in [5, 5.41) is 9.89. The Balaban J connectivity index is 1.84. The lowest BCUT2D eigenvalue weighted by Crippen LogP contribution is -2.37. The molecule has 1 aromatic carbocycles. The molecular formula is C17H18FNO4. The Hall–Kier alpha value is -2.37. The van der Waals surface area contributed by atoms with Crippen LogP contribution < -0.4 is 0 Å². The lowest BCUT2D eigenvalue weighted by atomic mass is 9.91. The standard InChI is InChI=1S/C17H18FNO4/c1-10(20)19-6-4-11(5-7-19)8-15-16(17(21)22)13-3-2-12(18)9-14(13)23-15/h2-3,9,11H,4-8H2,1H3,(H,21,22). The van der Waals surface area contributed by atoms with Gasteiger partial charge < -0.3 is 14.4 Å². The monoisotopic (exact) mass is 319 g/mol. The van der Waals surface area contributed by atoms with Crippen molar-refractivity contribution in [3.63, 3.8) is 0 Å². The summed E-state index contributed by atoms with van der Waals surface area (Å²) < 4.78 is 18.9. The van der Waals surface area contributed by atoms with Crippen LogP contribution in [0.15, 0.2) is 22.6 Å². The normalized spacial score (nSPS) is 16.0. The molecule has 122 valence electrons. The van der Waals surface area contributed by atoms with E-state index >= 15 is 0 Å². The third-order valence-corrected chi connectivity index (χ3v) is 4.47. The number of carbonyl (C=O) groups excluding carboxylic acids is 1. The van der Waals surface area contributed by atoms with Crippen molar-refractivity contribution in [2.45, 2.75) is 26.2 Å². The van der Waals surface area contributed by atoms with Crippen molar-refractivity contribution in [1.82, 2.24) is 4.90 Å². The number of fused-ring (bicyclic) bond motifs is 1. The summed E-state index contributed by atoms with van der Waals surface area (Å²) in [7, 11) is 0. The fraction of sp³-hybridized carbons (Fsp3) is 0.412. The van der Waals surface area contributed by atoms with E-state index in [4.69, 9.17) is 4.42 Å². The van der Waals surface area contributed by atoms with Crippen LogP contribution in [0.3, 0.4) is 0 Å². The smallest absolute Gasteiger partial charge is 0.339 e. The highest BCUT2D eigenvalue weighted by Crippen LogP contribution is 2.31. The van der Waals surface area contributed by atoms with Crippen molar-refractivity contribution in [2.75, 3.05) is 13.1 Å². The maximum atomic E-state index is 13.3. The van der Waals surface area contributed by atoms with E-state index in [0.717, 1.165) is 12.8 Å². The fourth-order valence-corrected chi connectivity index (χ4v) is 3.21. The molecule has 1 N–H and O–H groups in total. The number of piperidine rings is 1. The molecule has 1 aromatic heterocycles. The molecule has 0 spiro atoms. The van der Waals surface area contributed by atoms with Crippen LogP contribution in [-0.4, -0.2) is 35.0 Å². The lowest BCUT2D eigenvalue weighted by Gasteiger charge is -2.30. The quantitative estimate of drug-likeness (QED) is 0.944. The van der Waals surface area contributed by atoms with Gasteiger partial charge in [-0.2, -0.15) is 0 Å². The molecule has 0 atom stereocenters. The van der Waals surface area contributed by atoms with Crippen molar-refractivity contribution in [2.24, 2.45) is 5.92 Å². The van der Waals surface area contributed by atoms with E-state index in [0.29, 0.717) is 30.7 Å². The van der Waals surface area contributed by atoms with Crippen LogP contribution in [-0.2, 0) is 11.2 Å². The Labute approximate surface area is 132 Å². The summed E-state index contributed by atoms with van der Waals surface area (Å²) in [5.74, 6) is -0.807. The summed E-state index contributed by atoms with van der Waals surface area (Å²) in [6.07, 6.45) is 2.11. The first-order chi connectivity index (χ1) is 11.0. The van der Waals surface area contributed by atoms with E-state index in [9.17, 15) is 19.1 Å². The summed E-state index contributed by atoms with van der Waals surface area (Å²) in [6.45, 7) is 2.91. The van der Waals surface area contributed by atoms with Gasteiger partial charge in [0, 0.05) is 37.9 Å². The van der Waals surface area contributed by atoms with Crippen molar-refractivity contribution < 1.29 is 23.5 Å². The second-order valence-electron chi connectivity index (χ2n) is 6.00. The number of furan rings is 1. The van der Waals surface area contributed by atoms with E-state index < -0.39 is 11.8 Å². The predicted molar refractivity (Wildman–Crippen MR) is 81.8 cm³/mol. The maximum Gasteiger partial charge on any atom is 0.339 e. The lowest BCUT2D eigenvalue weighted by molar-refractivity contribution is -0.130. The average molecular weight is 319 g/mol. The van der Waals surface area contributed by atoms with E-state index in [1.807, 2.05) is 0 Å². The first kappa shape index (κ1) is 15.5. The number of carbonyl (C=O) groups is 2. The van der Waals surface area contributed by atoms with Gasteiger partial charge in [0.15, 0.2) is 0 Å². The number of rotatable bonds is 3. The molecule has 1 aliphatic heterocycles. The number of amides is 1. The Bertz CT molecular complexity index is 759. The number of nitrogens with zero attached hydrogens (tertiary/aromatic N) is 1. The van der Waals surface area contributed by atoms with Crippen LogP contribution in [0.5, 0.6) is 0 Å². The van der Waals surface area contributed by atoms with Crippen molar-refractivity contribution in [1.29, 1.82) is 0 Å². The second-order valence-corrected chi connectivity index (χ2v) is 6.00. The van der Waals surface area contributed by atoms with Gasteiger partial charge in [-0.05, 0) is 30.9 Å². The molecule has 6 heteroatoms. The van der Waals surface area contributed by atoms with Crippen molar-refractivity contribution in [3.8, 4) is 0 Å². The van der Waals surface area contributed by atoms with Gasteiger partial charge in [-0.25, -0.2) is 9.18 Å². The first-order valence-corrected chi connectivity index (χ1v) is 7.65. The Morgan fingerprint density at radius 1 is 1.35 bits per heavy atom. The third-order valence-electron chi connectivity index (χ3n) is 4.47. The van der Waals surface area contributed by atoms with Crippen LogP contribution in [0.2, 0.25) is 0 Å². The molecule has 3 rings (SSSR count). The molecule has 1 aliphatic rings. The number of hydrogen-bond acceptors (Lipinski definition) is 3. The third kappa shape index (κ3) is 3.06. The highest BCUT2D eigenvalue weighted by Gasteiger charge is 2.26. The minimum absolute atomic E-state index is 0.0638. The molecule has 5 nitrogen and oxygen atoms in total. The van der Waals surface area contributed by atoms with E-state index in [1.165, 1.54) is 18.2 Å². The second kappa shape index (κ2) is 6.02. The Morgan fingerprint density at radius 3 is 2.65 bits per heavy atom. The molecular weight excluding hydrogens is 301 g/mol. The SMILES string of the molecule is CC(=O)N1CCC(Cc2oc3cc(F)ccc3c2C(=O)O)CC1. The summed E-state index contributed by atoms with van der Waals surface area (Å²) in [6, 6.07) is 3.89. The number of hydrogen-bond donors (Lipinski definition) is 1. The van der Waals surface area contributed by atoms with Crippen LogP contribution in [0, 0.1) is 11.7 Å². The van der Waals surface area contributed by atoms with Gasteiger partial charge in [0.05, 0.1) is 0 Å². The van der Waals surface area contributed by atoms with E-state index in [1.54, 1.807) is 11.8 Å². The highest BCUT2D eigenvalue weighted by molar-refractivity contribution is 6.03. The summed E-state index contributed by atoms with van der Waals surface area (Å²) >= 11 is 0. The highest BCUT2D eigenvalue weighted by atomic mass is 19.1. The minimum Gasteiger partial charge on any atom is -0.478 e. The zero-order chi connectivity index (χ0) is 16.6. The van der Waals surface area contributed by atoms with Crippen LogP contribution >= 0.6 is 0 Å². The van der Waals surface area contributed by atoms with Gasteiger partial charge in [0.1, 0.15) is 22.7 Å². The largest absolute Gasteiger partial charge is 0.478 e. The van der Waals surface area contributed by atoms with E-state index in [2.05, 4.69) is 0 Å². The molecule has 2 aromatic rings. The Morgan fingerprint density at radius 2 is 2.04 bits per heavy atom. The molecule has 1 saturated heterocycles. The molecule has 2 heterocycles. The summed E-state index contributed by atoms with van der Waals surface area (Å²) in [4.78, 5) is 24.7. The topological polar surface area (TPSA) is 70.8 Å². The van der Waals surface area contributed by atoms with Crippen LogP contribution in [0.25, 0.3) is 11.0 Å². The maximum absolute atomic E-state index is 13.3. The summed E-state index contributed by atoms with van der Waals surface area (Å²) in [5.41, 5.74) is 0.382. The van der Waals surface area contributed by atoms with Gasteiger partial charge in [-0.15, -0.1) is 0 Å².